The molecule has 1 saturated heterocycles. The molecule has 0 radical (unpaired) electrons. The van der Waals surface area contributed by atoms with Crippen LogP contribution in [0.4, 0.5) is 5.82 Å². The second-order valence-electron chi connectivity index (χ2n) is 8.20. The largest absolute Gasteiger partial charge is 0.475 e. The zero-order valence-electron chi connectivity index (χ0n) is 20.8. The first-order chi connectivity index (χ1) is 19.4. The summed E-state index contributed by atoms with van der Waals surface area (Å²) in [6.07, 6.45) is 0.366. The van der Waals surface area contributed by atoms with E-state index in [4.69, 9.17) is 167 Å². The number of nitrogens with zero attached hydrogens (tertiary/aromatic N) is 2. The van der Waals surface area contributed by atoms with Crippen LogP contribution in [0.5, 0.6) is 0 Å². The summed E-state index contributed by atoms with van der Waals surface area (Å²) in [4.78, 5) is 16.6. The lowest BCUT2D eigenvalue weighted by atomic mass is 10.2. The van der Waals surface area contributed by atoms with Crippen molar-refractivity contribution < 1.29 is 36.5 Å². The van der Waals surface area contributed by atoms with Crippen LogP contribution in [0.2, 0.25) is 0 Å². The third-order valence-corrected chi connectivity index (χ3v) is 8.57. The van der Waals surface area contributed by atoms with Crippen LogP contribution >= 0.6 is 155 Å². The number of phosphoric acid groups is 1. The average Bonchev–Trinajstić information content (AvgIpc) is 3.30. The van der Waals surface area contributed by atoms with Crippen molar-refractivity contribution in [3.63, 3.8) is 0 Å². The van der Waals surface area contributed by atoms with Crippen molar-refractivity contribution >= 4 is 161 Å². The fourth-order valence-electron chi connectivity index (χ4n) is 2.86. The van der Waals surface area contributed by atoms with E-state index in [1.54, 1.807) is 0 Å². The summed E-state index contributed by atoms with van der Waals surface area (Å²) in [6, 6.07) is 1.25. The second-order valence-corrected chi connectivity index (χ2v) is 21.7. The summed E-state index contributed by atoms with van der Waals surface area (Å²) in [5, 5.41) is 2.31. The van der Waals surface area contributed by atoms with E-state index >= 15 is 0 Å². The molecular weight excluding hydrogens is 878 g/mol. The molecule has 0 bridgehead atoms. The maximum Gasteiger partial charge on any atom is 0.475 e. The van der Waals surface area contributed by atoms with Gasteiger partial charge in [0.05, 0.1) is 12.7 Å². The molecule has 1 aliphatic heterocycles. The van der Waals surface area contributed by atoms with Crippen LogP contribution in [0.3, 0.4) is 0 Å². The van der Waals surface area contributed by atoms with Crippen molar-refractivity contribution in [2.24, 2.45) is 0 Å². The zero-order chi connectivity index (χ0) is 32.9. The molecule has 43 heavy (non-hydrogen) atoms. The maximum absolute atomic E-state index is 13.1. The van der Waals surface area contributed by atoms with Gasteiger partial charge in [-0.1, -0.05) is 139 Å². The molecule has 2 heterocycles. The summed E-state index contributed by atoms with van der Waals surface area (Å²) in [7, 11) is -8.78. The molecule has 1 aromatic rings. The number of ether oxygens (including phenoxy) is 1. The van der Waals surface area contributed by atoms with E-state index in [1.807, 2.05) is 0 Å². The molecule has 12 nitrogen and oxygen atoms in total. The maximum atomic E-state index is 13.1. The predicted octanol–water partition coefficient (Wildman–Crippen LogP) is 9.11. The number of anilines is 1. The summed E-state index contributed by atoms with van der Waals surface area (Å²) < 4.78 is 50.7. The predicted molar refractivity (Wildman–Crippen MR) is 171 cm³/mol. The Labute approximate surface area is 305 Å². The van der Waals surface area contributed by atoms with Gasteiger partial charge in [0, 0.05) is 6.20 Å². The molecule has 2 rings (SSSR count). The number of hydrogen-bond acceptors (Lipinski definition) is 10. The van der Waals surface area contributed by atoms with Gasteiger partial charge in [-0.3, -0.25) is 32.3 Å². The highest BCUT2D eigenvalue weighted by Gasteiger charge is 2.38. The van der Waals surface area contributed by atoms with E-state index in [2.05, 4.69) is 10.1 Å². The standard InChI is InChI=1S/C17H19Cl12N3O9P2/c18-14(19,20)6-37-42(34,38-7-15(21,22)23)31-11-3-4-32(13(33)30-11)12-2-1-10(41-12)5-36-43(35,39-8-16(24,25)26)40-9-17(27,28)29/h3-4,10,12H,1-2,5-9H2,(H,30,31,33,34)/t10-,12+/m0/s1. The molecule has 0 spiro atoms. The smallest absolute Gasteiger partial charge is 0.352 e. The quantitative estimate of drug-likeness (QED) is 0.142. The van der Waals surface area contributed by atoms with Crippen LogP contribution in [0.25, 0.3) is 0 Å². The van der Waals surface area contributed by atoms with Crippen molar-refractivity contribution in [2.75, 3.05) is 38.1 Å². The van der Waals surface area contributed by atoms with Crippen LogP contribution in [-0.4, -0.2) is 63.9 Å². The first kappa shape index (κ1) is 41.6. The molecular formula is C17H19Cl12N3O9P2. The highest BCUT2D eigenvalue weighted by Crippen LogP contribution is 2.53. The molecule has 1 N–H and O–H groups in total. The van der Waals surface area contributed by atoms with Crippen molar-refractivity contribution in [3.05, 3.63) is 22.7 Å². The van der Waals surface area contributed by atoms with Gasteiger partial charge in [-0.05, 0) is 18.9 Å². The van der Waals surface area contributed by atoms with Gasteiger partial charge in [-0.25, -0.2) is 13.9 Å². The van der Waals surface area contributed by atoms with Gasteiger partial charge >= 0.3 is 21.3 Å². The molecule has 0 aliphatic carbocycles. The summed E-state index contributed by atoms with van der Waals surface area (Å²) >= 11 is 67.7. The van der Waals surface area contributed by atoms with Crippen LogP contribution in [-0.2, 0) is 36.5 Å². The molecule has 0 saturated carbocycles. The Morgan fingerprint density at radius 2 is 1.26 bits per heavy atom. The molecule has 250 valence electrons. The number of halogens is 12. The third-order valence-electron chi connectivity index (χ3n) is 4.46. The first-order valence-electron chi connectivity index (χ1n) is 11.1. The van der Waals surface area contributed by atoms with Gasteiger partial charge in [0.25, 0.3) is 0 Å². The first-order valence-corrected chi connectivity index (χ1v) is 18.6. The number of alkyl halides is 12. The molecule has 0 aromatic carbocycles. The zero-order valence-corrected chi connectivity index (χ0v) is 31.6. The number of phosphoric ester groups is 1. The third kappa shape index (κ3) is 17.6. The molecule has 26 heteroatoms. The van der Waals surface area contributed by atoms with Crippen LogP contribution < -0.4 is 10.8 Å². The minimum Gasteiger partial charge on any atom is -0.352 e. The summed E-state index contributed by atoms with van der Waals surface area (Å²) in [5.74, 6) is -0.255. The molecule has 1 fully saturated rings. The van der Waals surface area contributed by atoms with Crippen LogP contribution in [0.15, 0.2) is 17.1 Å². The van der Waals surface area contributed by atoms with Crippen molar-refractivity contribution in [2.45, 2.75) is 40.3 Å². The highest BCUT2D eigenvalue weighted by molar-refractivity contribution is 7.55. The summed E-state index contributed by atoms with van der Waals surface area (Å²) in [5.41, 5.74) is -0.839. The highest BCUT2D eigenvalue weighted by atomic mass is 35.6. The van der Waals surface area contributed by atoms with Crippen molar-refractivity contribution in [1.82, 2.24) is 9.55 Å². The fraction of sp³-hybridized carbons (Fsp3) is 0.765. The fourth-order valence-corrected chi connectivity index (χ4v) is 7.04. The van der Waals surface area contributed by atoms with Crippen molar-refractivity contribution in [3.8, 4) is 0 Å². The number of nitrogens with one attached hydrogen (secondary N) is 1. The molecule has 0 amide bonds. The van der Waals surface area contributed by atoms with Gasteiger partial charge < -0.3 is 4.74 Å². The van der Waals surface area contributed by atoms with Crippen molar-refractivity contribution in [1.29, 1.82) is 0 Å². The average molecular weight is 897 g/mol. The number of hydrogen-bond donors (Lipinski definition) is 1. The lowest BCUT2D eigenvalue weighted by molar-refractivity contribution is -0.0277. The molecule has 2 atom stereocenters. The van der Waals surface area contributed by atoms with E-state index < -0.39 is 75.2 Å². The van der Waals surface area contributed by atoms with Gasteiger partial charge in [0.2, 0.25) is 15.2 Å². The molecule has 0 unspecified atom stereocenters. The number of aromatic nitrogens is 2. The van der Waals surface area contributed by atoms with E-state index in [-0.39, 0.29) is 12.4 Å². The minimum atomic E-state index is -4.40. The van der Waals surface area contributed by atoms with Gasteiger partial charge in [-0.2, -0.15) is 4.98 Å². The Morgan fingerprint density at radius 1 is 0.791 bits per heavy atom. The number of rotatable bonds is 14. The monoisotopic (exact) mass is 891 g/mol. The van der Waals surface area contributed by atoms with Crippen LogP contribution in [0.1, 0.15) is 19.1 Å². The van der Waals surface area contributed by atoms with Gasteiger partial charge in [0.1, 0.15) is 38.5 Å². The molecule has 1 aliphatic rings. The Kier molecular flexibility index (Phi) is 16.3. The Hall–Kier alpha value is 2.38. The molecule has 1 aromatic heterocycles. The Balaban J connectivity index is 2.08. The summed E-state index contributed by atoms with van der Waals surface area (Å²) in [6.45, 7) is -3.10. The van der Waals surface area contributed by atoms with Gasteiger partial charge in [0.15, 0.2) is 0 Å². The lowest BCUT2D eigenvalue weighted by Crippen LogP contribution is -2.28. The van der Waals surface area contributed by atoms with Crippen LogP contribution in [0, 0.1) is 0 Å². The lowest BCUT2D eigenvalue weighted by Gasteiger charge is -2.24. The topological polar surface area (TPSA) is 136 Å². The van der Waals surface area contributed by atoms with Gasteiger partial charge in [-0.15, -0.1) is 0 Å². The SMILES string of the molecule is O=c1nc(NP(=O)(OCC(Cl)(Cl)Cl)OCC(Cl)(Cl)Cl)ccn1[C@H]1CC[C@@H](COP(=O)(OCC(Cl)(Cl)Cl)OCC(Cl)(Cl)Cl)O1. The minimum absolute atomic E-state index is 0.255. The van der Waals surface area contributed by atoms with E-state index in [1.165, 1.54) is 12.3 Å². The van der Waals surface area contributed by atoms with E-state index in [0.29, 0.717) is 12.8 Å². The van der Waals surface area contributed by atoms with E-state index in [0.717, 1.165) is 4.57 Å². The Bertz CT molecular complexity index is 1180. The Morgan fingerprint density at radius 3 is 1.70 bits per heavy atom. The van der Waals surface area contributed by atoms with E-state index in [9.17, 15) is 13.9 Å². The second kappa shape index (κ2) is 16.9. The normalized spacial score (nSPS) is 19.2.